The molecule has 0 aromatic heterocycles. The molecule has 9 heteroatoms. The van der Waals surface area contributed by atoms with Crippen LogP contribution in [-0.2, 0) is 14.8 Å². The lowest BCUT2D eigenvalue weighted by molar-refractivity contribution is -0.136. The number of Topliss-reactive ketones (excluding diaryl/α,β-unsaturated/α-hetero) is 1. The quantitative estimate of drug-likeness (QED) is 0.716. The molecule has 1 aliphatic heterocycles. The molecule has 1 atom stereocenters. The van der Waals surface area contributed by atoms with Crippen LogP contribution >= 0.6 is 12.4 Å². The minimum Gasteiger partial charge on any atom is -0.340 e. The molecule has 2 rings (SSSR count). The molecule has 1 amide bonds. The van der Waals surface area contributed by atoms with Crippen LogP contribution in [0.1, 0.15) is 24.2 Å². The Morgan fingerprint density at radius 3 is 2.12 bits per heavy atom. The maximum absolute atomic E-state index is 12.7. The van der Waals surface area contributed by atoms with Crippen LogP contribution in [0.3, 0.4) is 0 Å². The molecule has 146 valence electrons. The van der Waals surface area contributed by atoms with E-state index in [1.165, 1.54) is 35.5 Å². The second-order valence-electron chi connectivity index (χ2n) is 6.27. The van der Waals surface area contributed by atoms with E-state index in [1.54, 1.807) is 11.9 Å². The van der Waals surface area contributed by atoms with Crippen molar-refractivity contribution >= 4 is 34.1 Å². The Balaban J connectivity index is 0.00000338. The van der Waals surface area contributed by atoms with E-state index in [0.717, 1.165) is 0 Å². The van der Waals surface area contributed by atoms with Gasteiger partial charge in [-0.05, 0) is 26.1 Å². The van der Waals surface area contributed by atoms with Crippen molar-refractivity contribution in [2.45, 2.75) is 18.7 Å². The number of amides is 1. The smallest absolute Gasteiger partial charge is 0.243 e. The zero-order chi connectivity index (χ0) is 18.6. The van der Waals surface area contributed by atoms with E-state index in [-0.39, 0.29) is 48.0 Å². The Morgan fingerprint density at radius 2 is 1.65 bits per heavy atom. The lowest BCUT2D eigenvalue weighted by Crippen LogP contribution is -2.52. The Morgan fingerprint density at radius 1 is 1.12 bits per heavy atom. The van der Waals surface area contributed by atoms with Gasteiger partial charge in [-0.3, -0.25) is 9.59 Å². The number of carbonyl (C=O) groups is 2. The number of benzene rings is 1. The first-order valence-corrected chi connectivity index (χ1v) is 9.76. The summed E-state index contributed by atoms with van der Waals surface area (Å²) >= 11 is 0. The fraction of sp³-hybridized carbons (Fsp3) is 0.529. The van der Waals surface area contributed by atoms with Crippen molar-refractivity contribution in [2.24, 2.45) is 5.92 Å². The van der Waals surface area contributed by atoms with Gasteiger partial charge in [0, 0.05) is 44.2 Å². The molecule has 1 saturated heterocycles. The number of sulfonamides is 1. The number of halogens is 1. The summed E-state index contributed by atoms with van der Waals surface area (Å²) in [7, 11) is -1.82. The lowest BCUT2D eigenvalue weighted by atomic mass is 10.1. The van der Waals surface area contributed by atoms with Gasteiger partial charge >= 0.3 is 0 Å². The molecule has 1 fully saturated rings. The lowest BCUT2D eigenvalue weighted by Gasteiger charge is -2.35. The molecular weight excluding hydrogens is 378 g/mol. The highest BCUT2D eigenvalue weighted by Crippen LogP contribution is 2.19. The maximum Gasteiger partial charge on any atom is 0.243 e. The van der Waals surface area contributed by atoms with Gasteiger partial charge in [0.2, 0.25) is 15.9 Å². The molecule has 1 unspecified atom stereocenters. The first-order valence-electron chi connectivity index (χ1n) is 8.32. The predicted octanol–water partition coefficient (Wildman–Crippen LogP) is 0.999. The minimum absolute atomic E-state index is 0. The highest BCUT2D eigenvalue weighted by atomic mass is 35.5. The first-order chi connectivity index (χ1) is 11.8. The topological polar surface area (TPSA) is 86.8 Å². The van der Waals surface area contributed by atoms with Gasteiger partial charge < -0.3 is 10.2 Å². The van der Waals surface area contributed by atoms with Crippen molar-refractivity contribution in [1.29, 1.82) is 0 Å². The van der Waals surface area contributed by atoms with E-state index >= 15 is 0 Å². The van der Waals surface area contributed by atoms with Crippen LogP contribution in [0.4, 0.5) is 0 Å². The molecule has 0 bridgehead atoms. The van der Waals surface area contributed by atoms with Crippen molar-refractivity contribution in [2.75, 3.05) is 39.8 Å². The van der Waals surface area contributed by atoms with Gasteiger partial charge in [-0.2, -0.15) is 4.31 Å². The standard InChI is InChI=1S/C17H25N3O4S.ClH/c1-13(12-18-3)17(22)19-8-10-20(11-9-19)25(23,24)16-6-4-15(5-7-16)14(2)21;/h4-7,13,18H,8-12H2,1-3H3;1H. The second-order valence-corrected chi connectivity index (χ2v) is 8.21. The third-order valence-corrected chi connectivity index (χ3v) is 6.29. The van der Waals surface area contributed by atoms with Crippen molar-refractivity contribution in [3.05, 3.63) is 29.8 Å². The summed E-state index contributed by atoms with van der Waals surface area (Å²) < 4.78 is 26.8. The van der Waals surface area contributed by atoms with E-state index < -0.39 is 10.0 Å². The fourth-order valence-corrected chi connectivity index (χ4v) is 4.29. The number of ketones is 1. The summed E-state index contributed by atoms with van der Waals surface area (Å²) in [6.07, 6.45) is 0. The van der Waals surface area contributed by atoms with Crippen molar-refractivity contribution in [3.8, 4) is 0 Å². The van der Waals surface area contributed by atoms with E-state index in [4.69, 9.17) is 0 Å². The number of nitrogens with zero attached hydrogens (tertiary/aromatic N) is 2. The first kappa shape index (κ1) is 22.6. The Bertz CT molecular complexity index is 729. The van der Waals surface area contributed by atoms with Gasteiger partial charge in [0.15, 0.2) is 5.78 Å². The van der Waals surface area contributed by atoms with E-state index in [1.807, 2.05) is 6.92 Å². The molecule has 0 radical (unpaired) electrons. The highest BCUT2D eigenvalue weighted by Gasteiger charge is 2.31. The molecule has 26 heavy (non-hydrogen) atoms. The van der Waals surface area contributed by atoms with Crippen LogP contribution < -0.4 is 5.32 Å². The summed E-state index contributed by atoms with van der Waals surface area (Å²) in [5.74, 6) is -0.198. The van der Waals surface area contributed by atoms with E-state index in [0.29, 0.717) is 25.2 Å². The summed E-state index contributed by atoms with van der Waals surface area (Å²) in [5, 5.41) is 2.98. The van der Waals surface area contributed by atoms with Gasteiger partial charge in [-0.1, -0.05) is 19.1 Å². The van der Waals surface area contributed by atoms with Crippen LogP contribution in [0.15, 0.2) is 29.2 Å². The van der Waals surface area contributed by atoms with Crippen LogP contribution in [0.5, 0.6) is 0 Å². The van der Waals surface area contributed by atoms with Crippen LogP contribution in [0, 0.1) is 5.92 Å². The summed E-state index contributed by atoms with van der Waals surface area (Å²) in [6, 6.07) is 5.96. The molecular formula is C17H26ClN3O4S. The zero-order valence-corrected chi connectivity index (χ0v) is 16.9. The van der Waals surface area contributed by atoms with Gasteiger partial charge in [0.05, 0.1) is 4.90 Å². The van der Waals surface area contributed by atoms with Crippen molar-refractivity contribution in [3.63, 3.8) is 0 Å². The van der Waals surface area contributed by atoms with Crippen molar-refractivity contribution < 1.29 is 18.0 Å². The average Bonchev–Trinajstić information content (AvgIpc) is 2.61. The largest absolute Gasteiger partial charge is 0.340 e. The molecule has 0 aliphatic carbocycles. The summed E-state index contributed by atoms with van der Waals surface area (Å²) in [6.45, 7) is 5.21. The average molecular weight is 404 g/mol. The minimum atomic E-state index is -3.61. The number of carbonyl (C=O) groups excluding carboxylic acids is 2. The molecule has 1 aliphatic rings. The Labute approximate surface area is 161 Å². The molecule has 1 aromatic rings. The SMILES string of the molecule is CNCC(C)C(=O)N1CCN(S(=O)(=O)c2ccc(C(C)=O)cc2)CC1.Cl. The zero-order valence-electron chi connectivity index (χ0n) is 15.3. The normalized spacial score (nSPS) is 16.7. The number of nitrogens with one attached hydrogen (secondary N) is 1. The monoisotopic (exact) mass is 403 g/mol. The van der Waals surface area contributed by atoms with Gasteiger partial charge in [-0.25, -0.2) is 8.42 Å². The van der Waals surface area contributed by atoms with Crippen molar-refractivity contribution in [1.82, 2.24) is 14.5 Å². The van der Waals surface area contributed by atoms with E-state index in [9.17, 15) is 18.0 Å². The maximum atomic E-state index is 12.7. The molecule has 1 N–H and O–H groups in total. The molecule has 0 spiro atoms. The van der Waals surface area contributed by atoms with E-state index in [2.05, 4.69) is 5.32 Å². The summed E-state index contributed by atoms with van der Waals surface area (Å²) in [4.78, 5) is 25.5. The highest BCUT2D eigenvalue weighted by molar-refractivity contribution is 7.89. The second kappa shape index (κ2) is 9.45. The van der Waals surface area contributed by atoms with Crippen LogP contribution in [-0.4, -0.2) is 69.1 Å². The van der Waals surface area contributed by atoms with Crippen LogP contribution in [0.2, 0.25) is 0 Å². The predicted molar refractivity (Wildman–Crippen MR) is 102 cm³/mol. The fourth-order valence-electron chi connectivity index (χ4n) is 2.86. The number of hydrogen-bond donors (Lipinski definition) is 1. The Kier molecular flexibility index (Phi) is 8.20. The summed E-state index contributed by atoms with van der Waals surface area (Å²) in [5.41, 5.74) is 0.480. The number of piperazine rings is 1. The van der Waals surface area contributed by atoms with Gasteiger partial charge in [-0.15, -0.1) is 12.4 Å². The number of hydrogen-bond acceptors (Lipinski definition) is 5. The molecule has 0 saturated carbocycles. The number of rotatable bonds is 6. The van der Waals surface area contributed by atoms with Crippen LogP contribution in [0.25, 0.3) is 0 Å². The van der Waals surface area contributed by atoms with Gasteiger partial charge in [0.1, 0.15) is 0 Å². The third-order valence-electron chi connectivity index (χ3n) is 4.38. The van der Waals surface area contributed by atoms with Gasteiger partial charge in [0.25, 0.3) is 0 Å². The molecule has 1 aromatic carbocycles. The third kappa shape index (κ3) is 5.03. The Hall–Kier alpha value is -1.48. The molecule has 1 heterocycles. The molecule has 7 nitrogen and oxygen atoms in total.